The van der Waals surface area contributed by atoms with Crippen LogP contribution in [0.2, 0.25) is 0 Å². The van der Waals surface area contributed by atoms with E-state index in [1.165, 1.54) is 11.3 Å². The topological polar surface area (TPSA) is 66.4 Å². The van der Waals surface area contributed by atoms with Gasteiger partial charge in [-0.05, 0) is 44.3 Å². The number of carboxylic acid groups (broad SMARTS) is 1. The third kappa shape index (κ3) is 3.29. The summed E-state index contributed by atoms with van der Waals surface area (Å²) in [6.07, 6.45) is 0.351. The standard InChI is InChI=1S/C9H9Br2NO3S/c1-2-5(9(14)15)12-8(13)4-3-6(10)16-7(4)11/h3,5H,2H2,1H3,(H,12,13)(H,14,15)/t5-/m0/s1. The average molecular weight is 371 g/mol. The fourth-order valence-electron chi connectivity index (χ4n) is 1.07. The van der Waals surface area contributed by atoms with E-state index in [0.29, 0.717) is 15.8 Å². The molecular weight excluding hydrogens is 362 g/mol. The predicted octanol–water partition coefficient (Wildman–Crippen LogP) is 2.87. The average Bonchev–Trinajstić information content (AvgIpc) is 2.53. The summed E-state index contributed by atoms with van der Waals surface area (Å²) >= 11 is 7.87. The van der Waals surface area contributed by atoms with Crippen molar-refractivity contribution in [2.24, 2.45) is 0 Å². The lowest BCUT2D eigenvalue weighted by Crippen LogP contribution is -2.40. The van der Waals surface area contributed by atoms with Crippen LogP contribution in [-0.4, -0.2) is 23.0 Å². The zero-order valence-electron chi connectivity index (χ0n) is 8.29. The van der Waals surface area contributed by atoms with Gasteiger partial charge in [0.25, 0.3) is 5.91 Å². The predicted molar refractivity (Wildman–Crippen MR) is 68.9 cm³/mol. The van der Waals surface area contributed by atoms with Crippen molar-refractivity contribution in [2.75, 3.05) is 0 Å². The molecule has 1 heterocycles. The molecule has 1 aromatic heterocycles. The van der Waals surface area contributed by atoms with Gasteiger partial charge in [-0.1, -0.05) is 6.92 Å². The third-order valence-electron chi connectivity index (χ3n) is 1.91. The molecule has 7 heteroatoms. The van der Waals surface area contributed by atoms with Gasteiger partial charge in [0.15, 0.2) is 0 Å². The van der Waals surface area contributed by atoms with Gasteiger partial charge in [-0.15, -0.1) is 11.3 Å². The van der Waals surface area contributed by atoms with E-state index in [9.17, 15) is 9.59 Å². The lowest BCUT2D eigenvalue weighted by molar-refractivity contribution is -0.139. The molecule has 0 radical (unpaired) electrons. The first-order valence-electron chi connectivity index (χ1n) is 4.44. The number of thiophene rings is 1. The first-order valence-corrected chi connectivity index (χ1v) is 6.84. The number of rotatable bonds is 4. The van der Waals surface area contributed by atoms with Gasteiger partial charge in [-0.3, -0.25) is 4.79 Å². The minimum atomic E-state index is -1.03. The Balaban J connectivity index is 2.79. The molecule has 88 valence electrons. The second-order valence-electron chi connectivity index (χ2n) is 3.01. The van der Waals surface area contributed by atoms with E-state index >= 15 is 0 Å². The molecule has 0 aliphatic carbocycles. The quantitative estimate of drug-likeness (QED) is 0.856. The number of carboxylic acids is 1. The summed E-state index contributed by atoms with van der Waals surface area (Å²) in [5.74, 6) is -1.41. The Morgan fingerprint density at radius 3 is 2.56 bits per heavy atom. The second kappa shape index (κ2) is 5.79. The van der Waals surface area contributed by atoms with E-state index < -0.39 is 12.0 Å². The highest BCUT2D eigenvalue weighted by atomic mass is 79.9. The highest BCUT2D eigenvalue weighted by molar-refractivity contribution is 9.12. The van der Waals surface area contributed by atoms with Crippen LogP contribution >= 0.6 is 43.2 Å². The molecule has 0 aromatic carbocycles. The molecular formula is C9H9Br2NO3S. The van der Waals surface area contributed by atoms with Crippen molar-refractivity contribution < 1.29 is 14.7 Å². The van der Waals surface area contributed by atoms with Crippen LogP contribution in [0.15, 0.2) is 13.6 Å². The Labute approximate surface area is 113 Å². The first-order chi connectivity index (χ1) is 7.45. The van der Waals surface area contributed by atoms with Crippen molar-refractivity contribution in [1.82, 2.24) is 5.32 Å². The van der Waals surface area contributed by atoms with Gasteiger partial charge in [0.05, 0.1) is 13.1 Å². The Hall–Kier alpha value is -0.400. The summed E-state index contributed by atoms with van der Waals surface area (Å²) in [5.41, 5.74) is 0.441. The Bertz CT molecular complexity index is 419. The summed E-state index contributed by atoms with van der Waals surface area (Å²) in [5, 5.41) is 11.3. The number of carbonyl (C=O) groups excluding carboxylic acids is 1. The maximum atomic E-state index is 11.7. The highest BCUT2D eigenvalue weighted by Crippen LogP contribution is 2.31. The first kappa shape index (κ1) is 13.7. The van der Waals surface area contributed by atoms with Crippen LogP contribution in [0.4, 0.5) is 0 Å². The summed E-state index contributed by atoms with van der Waals surface area (Å²) in [7, 11) is 0. The molecule has 0 saturated heterocycles. The molecule has 1 amide bonds. The van der Waals surface area contributed by atoms with Crippen LogP contribution in [0.25, 0.3) is 0 Å². The molecule has 1 atom stereocenters. The minimum Gasteiger partial charge on any atom is -0.480 e. The summed E-state index contributed by atoms with van der Waals surface area (Å²) in [6.45, 7) is 1.71. The van der Waals surface area contributed by atoms with E-state index in [2.05, 4.69) is 37.2 Å². The molecule has 0 spiro atoms. The van der Waals surface area contributed by atoms with Crippen LogP contribution in [0, 0.1) is 0 Å². The van der Waals surface area contributed by atoms with E-state index in [4.69, 9.17) is 5.11 Å². The molecule has 0 bridgehead atoms. The van der Waals surface area contributed by atoms with Gasteiger partial charge in [0, 0.05) is 0 Å². The van der Waals surface area contributed by atoms with Crippen molar-refractivity contribution in [1.29, 1.82) is 0 Å². The van der Waals surface area contributed by atoms with E-state index in [1.807, 2.05) is 0 Å². The maximum absolute atomic E-state index is 11.7. The molecule has 1 rings (SSSR count). The monoisotopic (exact) mass is 369 g/mol. The molecule has 2 N–H and O–H groups in total. The summed E-state index contributed by atoms with van der Waals surface area (Å²) in [4.78, 5) is 22.5. The van der Waals surface area contributed by atoms with E-state index in [0.717, 1.165) is 3.79 Å². The normalized spacial score (nSPS) is 12.2. The third-order valence-corrected chi connectivity index (χ3v) is 4.25. The van der Waals surface area contributed by atoms with Gasteiger partial charge >= 0.3 is 5.97 Å². The summed E-state index contributed by atoms with van der Waals surface area (Å²) in [6, 6.07) is 0.802. The lowest BCUT2D eigenvalue weighted by Gasteiger charge is -2.11. The largest absolute Gasteiger partial charge is 0.480 e. The SMILES string of the molecule is CC[C@H](NC(=O)c1cc(Br)sc1Br)C(=O)O. The zero-order valence-corrected chi connectivity index (χ0v) is 12.3. The van der Waals surface area contributed by atoms with Gasteiger partial charge in [-0.2, -0.15) is 0 Å². The zero-order chi connectivity index (χ0) is 12.3. The molecule has 4 nitrogen and oxygen atoms in total. The fourth-order valence-corrected chi connectivity index (χ4v) is 3.86. The van der Waals surface area contributed by atoms with Crippen molar-refractivity contribution in [3.8, 4) is 0 Å². The van der Waals surface area contributed by atoms with Gasteiger partial charge in [-0.25, -0.2) is 4.79 Å². The number of aliphatic carboxylic acids is 1. The number of halogens is 2. The van der Waals surface area contributed by atoms with Crippen molar-refractivity contribution in [3.63, 3.8) is 0 Å². The molecule has 0 aliphatic heterocycles. The van der Waals surface area contributed by atoms with Crippen molar-refractivity contribution in [3.05, 3.63) is 19.2 Å². The number of nitrogens with one attached hydrogen (secondary N) is 1. The Morgan fingerprint density at radius 1 is 1.56 bits per heavy atom. The highest BCUT2D eigenvalue weighted by Gasteiger charge is 2.21. The van der Waals surface area contributed by atoms with E-state index in [-0.39, 0.29) is 5.91 Å². The minimum absolute atomic E-state index is 0.351. The summed E-state index contributed by atoms with van der Waals surface area (Å²) < 4.78 is 1.49. The lowest BCUT2D eigenvalue weighted by atomic mass is 10.2. The number of hydrogen-bond donors (Lipinski definition) is 2. The Kier molecular flexibility index (Phi) is 4.94. The molecule has 0 fully saturated rings. The molecule has 16 heavy (non-hydrogen) atoms. The molecule has 0 aliphatic rings. The smallest absolute Gasteiger partial charge is 0.326 e. The number of hydrogen-bond acceptors (Lipinski definition) is 3. The van der Waals surface area contributed by atoms with Crippen molar-refractivity contribution >= 4 is 55.1 Å². The molecule has 0 unspecified atom stereocenters. The number of amides is 1. The second-order valence-corrected chi connectivity index (χ2v) is 6.76. The van der Waals surface area contributed by atoms with Gasteiger partial charge in [0.2, 0.25) is 0 Å². The Morgan fingerprint density at radius 2 is 2.19 bits per heavy atom. The van der Waals surface area contributed by atoms with Crippen molar-refractivity contribution in [2.45, 2.75) is 19.4 Å². The van der Waals surface area contributed by atoms with Crippen LogP contribution in [0.1, 0.15) is 23.7 Å². The van der Waals surface area contributed by atoms with Crippen LogP contribution < -0.4 is 5.32 Å². The van der Waals surface area contributed by atoms with Crippen LogP contribution in [0.3, 0.4) is 0 Å². The fraction of sp³-hybridized carbons (Fsp3) is 0.333. The maximum Gasteiger partial charge on any atom is 0.326 e. The van der Waals surface area contributed by atoms with Crippen LogP contribution in [-0.2, 0) is 4.79 Å². The molecule has 1 aromatic rings. The van der Waals surface area contributed by atoms with Gasteiger partial charge in [0.1, 0.15) is 6.04 Å². The van der Waals surface area contributed by atoms with E-state index in [1.54, 1.807) is 13.0 Å². The molecule has 0 saturated carbocycles. The van der Waals surface area contributed by atoms with Gasteiger partial charge < -0.3 is 10.4 Å². The van der Waals surface area contributed by atoms with Crippen LogP contribution in [0.5, 0.6) is 0 Å². The number of carbonyl (C=O) groups is 2.